The van der Waals surface area contributed by atoms with Crippen molar-refractivity contribution in [3.05, 3.63) is 65.5 Å². The van der Waals surface area contributed by atoms with Crippen LogP contribution in [0.4, 0.5) is 10.1 Å². The van der Waals surface area contributed by atoms with Crippen molar-refractivity contribution < 1.29 is 9.18 Å². The zero-order valence-corrected chi connectivity index (χ0v) is 19.0. The predicted molar refractivity (Wildman–Crippen MR) is 126 cm³/mol. The van der Waals surface area contributed by atoms with Gasteiger partial charge in [0.2, 0.25) is 5.91 Å². The van der Waals surface area contributed by atoms with Crippen LogP contribution in [0.3, 0.4) is 0 Å². The molecule has 0 aliphatic carbocycles. The van der Waals surface area contributed by atoms with Gasteiger partial charge in [-0.3, -0.25) is 4.79 Å². The summed E-state index contributed by atoms with van der Waals surface area (Å²) < 4.78 is 13.7. The second-order valence-corrected chi connectivity index (χ2v) is 6.74. The number of anilines is 1. The van der Waals surface area contributed by atoms with Gasteiger partial charge in [0, 0.05) is 37.3 Å². The second kappa shape index (κ2) is 11.7. The van der Waals surface area contributed by atoms with Crippen molar-refractivity contribution in [1.82, 2.24) is 10.6 Å². The highest BCUT2D eigenvalue weighted by atomic mass is 127. The van der Waals surface area contributed by atoms with Crippen LogP contribution in [0.2, 0.25) is 0 Å². The number of amides is 1. The van der Waals surface area contributed by atoms with Crippen molar-refractivity contribution >= 4 is 41.5 Å². The first-order valence-electron chi connectivity index (χ1n) is 9.83. The Bertz CT molecular complexity index is 843. The largest absolute Gasteiger partial charge is 0.357 e. The number of hydrogen-bond acceptors (Lipinski definition) is 2. The van der Waals surface area contributed by atoms with E-state index in [1.54, 1.807) is 18.2 Å². The normalized spacial score (nSPS) is 12.9. The van der Waals surface area contributed by atoms with Gasteiger partial charge in [-0.2, -0.15) is 0 Å². The first kappa shape index (κ1) is 23.1. The lowest BCUT2D eigenvalue weighted by molar-refractivity contribution is -0.118. The molecule has 7 heteroatoms. The molecule has 0 radical (unpaired) electrons. The van der Waals surface area contributed by atoms with E-state index >= 15 is 0 Å². The van der Waals surface area contributed by atoms with E-state index in [1.807, 2.05) is 30.0 Å². The molecule has 2 aromatic rings. The van der Waals surface area contributed by atoms with Crippen LogP contribution in [0.5, 0.6) is 0 Å². The van der Waals surface area contributed by atoms with Crippen LogP contribution in [-0.4, -0.2) is 31.5 Å². The van der Waals surface area contributed by atoms with Gasteiger partial charge in [-0.1, -0.05) is 36.4 Å². The number of carbonyl (C=O) groups excluding carboxylic acids is 1. The number of aliphatic imine (C=N–C) groups is 1. The lowest BCUT2D eigenvalue weighted by atomic mass is 10.2. The van der Waals surface area contributed by atoms with Crippen LogP contribution in [-0.2, 0) is 17.8 Å². The summed E-state index contributed by atoms with van der Waals surface area (Å²) in [4.78, 5) is 18.8. The van der Waals surface area contributed by atoms with E-state index in [0.717, 1.165) is 18.7 Å². The van der Waals surface area contributed by atoms with Gasteiger partial charge in [-0.15, -0.1) is 24.0 Å². The number of para-hydroxylation sites is 1. The number of halogens is 2. The van der Waals surface area contributed by atoms with Crippen LogP contribution < -0.4 is 15.5 Å². The lowest BCUT2D eigenvalue weighted by Crippen LogP contribution is -2.38. The van der Waals surface area contributed by atoms with Crippen LogP contribution >= 0.6 is 24.0 Å². The molecule has 0 saturated carbocycles. The summed E-state index contributed by atoms with van der Waals surface area (Å²) in [6, 6.07) is 14.7. The fourth-order valence-electron chi connectivity index (χ4n) is 3.31. The highest BCUT2D eigenvalue weighted by Gasteiger charge is 2.23. The topological polar surface area (TPSA) is 56.7 Å². The molecule has 0 unspecified atom stereocenters. The number of nitrogens with one attached hydrogen (secondary N) is 2. The van der Waals surface area contributed by atoms with E-state index in [0.29, 0.717) is 37.5 Å². The van der Waals surface area contributed by atoms with Crippen molar-refractivity contribution in [3.63, 3.8) is 0 Å². The van der Waals surface area contributed by atoms with Gasteiger partial charge in [-0.05, 0) is 37.5 Å². The Balaban J connectivity index is 0.00000300. The highest BCUT2D eigenvalue weighted by molar-refractivity contribution is 14.0. The van der Waals surface area contributed by atoms with Gasteiger partial charge in [0.25, 0.3) is 0 Å². The van der Waals surface area contributed by atoms with E-state index in [-0.39, 0.29) is 42.2 Å². The average Bonchev–Trinajstić information content (AvgIpc) is 3.14. The zero-order chi connectivity index (χ0) is 19.8. The van der Waals surface area contributed by atoms with Gasteiger partial charge >= 0.3 is 0 Å². The number of fused-ring (bicyclic) bond motifs is 1. The Kier molecular flexibility index (Phi) is 9.37. The average molecular weight is 510 g/mol. The standard InChI is InChI=1S/C22H27FN4O.HI/c1-2-24-22(26-16-18-9-3-5-10-19(18)23)25-14-7-12-21(28)27-15-13-17-8-4-6-11-20(17)27;/h3-6,8-11H,2,7,12-16H2,1H3,(H2,24,25,26);1H. The molecule has 1 aliphatic heterocycles. The molecule has 0 bridgehead atoms. The fraction of sp³-hybridized carbons (Fsp3) is 0.364. The molecule has 1 heterocycles. The summed E-state index contributed by atoms with van der Waals surface area (Å²) in [5.74, 6) is 0.531. The molecule has 2 N–H and O–H groups in total. The Labute approximate surface area is 188 Å². The van der Waals surface area contributed by atoms with E-state index in [4.69, 9.17) is 0 Å². The number of hydrogen-bond donors (Lipinski definition) is 2. The van der Waals surface area contributed by atoms with Crippen LogP contribution in [0.15, 0.2) is 53.5 Å². The summed E-state index contributed by atoms with van der Waals surface area (Å²) in [5.41, 5.74) is 2.84. The maximum atomic E-state index is 13.7. The van der Waals surface area contributed by atoms with Gasteiger partial charge in [-0.25, -0.2) is 9.38 Å². The Morgan fingerprint density at radius 3 is 2.69 bits per heavy atom. The van der Waals surface area contributed by atoms with Crippen LogP contribution in [0.1, 0.15) is 30.9 Å². The maximum absolute atomic E-state index is 13.7. The molecule has 5 nitrogen and oxygen atoms in total. The number of carbonyl (C=O) groups is 1. The monoisotopic (exact) mass is 510 g/mol. The van der Waals surface area contributed by atoms with Gasteiger partial charge in [0.15, 0.2) is 5.96 Å². The number of nitrogens with zero attached hydrogens (tertiary/aromatic N) is 2. The summed E-state index contributed by atoms with van der Waals surface area (Å²) >= 11 is 0. The Morgan fingerprint density at radius 2 is 1.90 bits per heavy atom. The summed E-state index contributed by atoms with van der Waals surface area (Å²) in [5, 5.41) is 6.37. The third-order valence-corrected chi connectivity index (χ3v) is 4.76. The highest BCUT2D eigenvalue weighted by Crippen LogP contribution is 2.27. The van der Waals surface area contributed by atoms with Gasteiger partial charge in [0.1, 0.15) is 5.82 Å². The minimum Gasteiger partial charge on any atom is -0.357 e. The maximum Gasteiger partial charge on any atom is 0.227 e. The molecule has 3 rings (SSSR count). The van der Waals surface area contributed by atoms with Crippen molar-refractivity contribution in [1.29, 1.82) is 0 Å². The molecule has 1 aliphatic rings. The molecule has 29 heavy (non-hydrogen) atoms. The summed E-state index contributed by atoms with van der Waals surface area (Å²) in [7, 11) is 0. The molecule has 0 fully saturated rings. The summed E-state index contributed by atoms with van der Waals surface area (Å²) in [6.45, 7) is 4.36. The zero-order valence-electron chi connectivity index (χ0n) is 16.7. The molecule has 0 saturated heterocycles. The van der Waals surface area contributed by atoms with Crippen molar-refractivity contribution in [2.45, 2.75) is 32.7 Å². The molecule has 1 amide bonds. The predicted octanol–water partition coefficient (Wildman–Crippen LogP) is 3.87. The summed E-state index contributed by atoms with van der Waals surface area (Å²) in [6.07, 6.45) is 2.11. The molecular weight excluding hydrogens is 482 g/mol. The molecule has 0 spiro atoms. The van der Waals surface area contributed by atoms with E-state index in [1.165, 1.54) is 11.6 Å². The van der Waals surface area contributed by atoms with Gasteiger partial charge in [0.05, 0.1) is 6.54 Å². The minimum absolute atomic E-state index is 0. The van der Waals surface area contributed by atoms with Crippen molar-refractivity contribution in [2.75, 3.05) is 24.5 Å². The molecule has 2 aromatic carbocycles. The lowest BCUT2D eigenvalue weighted by Gasteiger charge is -2.17. The van der Waals surface area contributed by atoms with Crippen LogP contribution in [0.25, 0.3) is 0 Å². The smallest absolute Gasteiger partial charge is 0.227 e. The van der Waals surface area contributed by atoms with Gasteiger partial charge < -0.3 is 15.5 Å². The minimum atomic E-state index is -0.251. The van der Waals surface area contributed by atoms with Crippen molar-refractivity contribution in [2.24, 2.45) is 4.99 Å². The van der Waals surface area contributed by atoms with E-state index in [2.05, 4.69) is 21.7 Å². The first-order valence-corrected chi connectivity index (χ1v) is 9.83. The Morgan fingerprint density at radius 1 is 1.14 bits per heavy atom. The molecule has 0 aromatic heterocycles. The SMILES string of the molecule is CCNC(=NCc1ccccc1F)NCCCC(=O)N1CCc2ccccc21.I. The second-order valence-electron chi connectivity index (χ2n) is 6.74. The number of guanidine groups is 1. The molecule has 156 valence electrons. The van der Waals surface area contributed by atoms with Crippen molar-refractivity contribution in [3.8, 4) is 0 Å². The molecule has 0 atom stereocenters. The number of rotatable bonds is 7. The van der Waals surface area contributed by atoms with E-state index < -0.39 is 0 Å². The third-order valence-electron chi connectivity index (χ3n) is 4.76. The number of benzene rings is 2. The quantitative estimate of drug-likeness (QED) is 0.258. The molecular formula is C22H28FIN4O. The van der Waals surface area contributed by atoms with Crippen LogP contribution in [0, 0.1) is 5.82 Å². The fourth-order valence-corrected chi connectivity index (χ4v) is 3.31. The third kappa shape index (κ3) is 6.42. The Hall–Kier alpha value is -2.16. The van der Waals surface area contributed by atoms with E-state index in [9.17, 15) is 9.18 Å². The first-order chi connectivity index (χ1) is 13.7.